The molecular formula is C43H86. The minimum Gasteiger partial charge on any atom is -0.103 e. The molecule has 0 rings (SSSR count). The molecule has 0 aliphatic heterocycles. The van der Waals surface area contributed by atoms with Crippen LogP contribution < -0.4 is 0 Å². The summed E-state index contributed by atoms with van der Waals surface area (Å²) in [6.07, 6.45) is 60.9. The highest BCUT2D eigenvalue weighted by Crippen LogP contribution is 2.17. The highest BCUT2D eigenvalue weighted by molar-refractivity contribution is 4.65. The van der Waals surface area contributed by atoms with Gasteiger partial charge in [0.05, 0.1) is 0 Å². The van der Waals surface area contributed by atoms with Crippen molar-refractivity contribution in [1.29, 1.82) is 0 Å². The Bertz CT molecular complexity index is 465. The van der Waals surface area contributed by atoms with E-state index >= 15 is 0 Å². The SMILES string of the molecule is C=CCCCCCCCCCCCCCCCCCCCCCCCCCCCCCCCCCCCCCCCCC. The van der Waals surface area contributed by atoms with Gasteiger partial charge in [-0.3, -0.25) is 0 Å². The number of hydrogen-bond donors (Lipinski definition) is 0. The Hall–Kier alpha value is -0.260. The molecule has 0 amide bonds. The molecule has 0 N–H and O–H groups in total. The van der Waals surface area contributed by atoms with Crippen LogP contribution in [0, 0.1) is 0 Å². The molecular weight excluding hydrogens is 516 g/mol. The van der Waals surface area contributed by atoms with E-state index in [2.05, 4.69) is 19.6 Å². The van der Waals surface area contributed by atoms with Crippen LogP contribution in [-0.2, 0) is 0 Å². The molecule has 0 unspecified atom stereocenters. The fraction of sp³-hybridized carbons (Fsp3) is 0.953. The number of allylic oxidation sites excluding steroid dienone is 1. The summed E-state index contributed by atoms with van der Waals surface area (Å²) in [6, 6.07) is 0. The van der Waals surface area contributed by atoms with Crippen molar-refractivity contribution < 1.29 is 0 Å². The van der Waals surface area contributed by atoms with Gasteiger partial charge in [-0.2, -0.15) is 0 Å². The predicted octanol–water partition coefficient (Wildman–Crippen LogP) is 16.8. The minimum absolute atomic E-state index is 1.21. The molecule has 0 heterocycles. The summed E-state index contributed by atoms with van der Waals surface area (Å²) in [5.74, 6) is 0. The van der Waals surface area contributed by atoms with Gasteiger partial charge in [0, 0.05) is 0 Å². The van der Waals surface area contributed by atoms with Gasteiger partial charge in [0.15, 0.2) is 0 Å². The maximum absolute atomic E-state index is 3.81. The van der Waals surface area contributed by atoms with E-state index in [9.17, 15) is 0 Å². The Morgan fingerprint density at radius 1 is 0.233 bits per heavy atom. The maximum atomic E-state index is 3.81. The first-order valence-electron chi connectivity index (χ1n) is 21.0. The van der Waals surface area contributed by atoms with Crippen LogP contribution in [0.1, 0.15) is 264 Å². The lowest BCUT2D eigenvalue weighted by Gasteiger charge is -2.05. The average Bonchev–Trinajstić information content (AvgIpc) is 3.02. The van der Waals surface area contributed by atoms with E-state index in [0.717, 1.165) is 0 Å². The van der Waals surface area contributed by atoms with Crippen LogP contribution >= 0.6 is 0 Å². The quantitative estimate of drug-likeness (QED) is 0.0483. The summed E-state index contributed by atoms with van der Waals surface area (Å²) in [4.78, 5) is 0. The van der Waals surface area contributed by atoms with E-state index in [0.29, 0.717) is 0 Å². The summed E-state index contributed by atoms with van der Waals surface area (Å²) in [5.41, 5.74) is 0. The first-order chi connectivity index (χ1) is 21.4. The molecule has 0 fully saturated rings. The van der Waals surface area contributed by atoms with Crippen LogP contribution in [0.4, 0.5) is 0 Å². The van der Waals surface area contributed by atoms with Crippen molar-refractivity contribution in [2.75, 3.05) is 0 Å². The van der Waals surface area contributed by atoms with E-state index in [4.69, 9.17) is 0 Å². The van der Waals surface area contributed by atoms with E-state index in [1.54, 1.807) is 0 Å². The third-order valence-electron chi connectivity index (χ3n) is 10.0. The molecule has 0 saturated heterocycles. The Kier molecular flexibility index (Phi) is 41.5. The van der Waals surface area contributed by atoms with Gasteiger partial charge in [0.25, 0.3) is 0 Å². The summed E-state index contributed by atoms with van der Waals surface area (Å²) in [5, 5.41) is 0. The monoisotopic (exact) mass is 603 g/mol. The summed E-state index contributed by atoms with van der Waals surface area (Å²) in [6.45, 7) is 6.12. The lowest BCUT2D eigenvalue weighted by molar-refractivity contribution is 0.509. The fourth-order valence-electron chi connectivity index (χ4n) is 6.90. The van der Waals surface area contributed by atoms with Gasteiger partial charge in [0.1, 0.15) is 0 Å². The number of unbranched alkanes of at least 4 members (excludes halogenated alkanes) is 39. The van der Waals surface area contributed by atoms with Gasteiger partial charge in [-0.05, 0) is 12.8 Å². The molecule has 0 bridgehead atoms. The lowest BCUT2D eigenvalue weighted by atomic mass is 10.0. The molecule has 0 heteroatoms. The predicted molar refractivity (Wildman–Crippen MR) is 201 cm³/mol. The summed E-state index contributed by atoms with van der Waals surface area (Å²) >= 11 is 0. The van der Waals surface area contributed by atoms with Crippen molar-refractivity contribution in [1.82, 2.24) is 0 Å². The molecule has 0 aromatic carbocycles. The normalized spacial score (nSPS) is 11.5. The van der Waals surface area contributed by atoms with Crippen molar-refractivity contribution in [3.63, 3.8) is 0 Å². The standard InChI is InChI=1S/C43H86/c1-3-5-7-9-11-13-15-17-19-21-23-25-27-29-31-33-35-37-39-41-43-42-40-38-36-34-32-30-28-26-24-22-20-18-16-14-12-10-8-6-4-2/h3H,1,4-43H2,2H3. The van der Waals surface area contributed by atoms with Crippen LogP contribution in [0.3, 0.4) is 0 Å². The summed E-state index contributed by atoms with van der Waals surface area (Å²) in [7, 11) is 0. The molecule has 0 aromatic rings. The zero-order chi connectivity index (χ0) is 31.0. The first-order valence-corrected chi connectivity index (χ1v) is 21.0. The van der Waals surface area contributed by atoms with Crippen LogP contribution in [0.15, 0.2) is 12.7 Å². The van der Waals surface area contributed by atoms with Crippen LogP contribution in [0.25, 0.3) is 0 Å². The van der Waals surface area contributed by atoms with Crippen LogP contribution in [0.2, 0.25) is 0 Å². The fourth-order valence-corrected chi connectivity index (χ4v) is 6.90. The Balaban J connectivity index is 3.03. The molecule has 0 aliphatic rings. The van der Waals surface area contributed by atoms with E-state index in [1.165, 1.54) is 257 Å². The molecule has 0 spiro atoms. The second kappa shape index (κ2) is 41.7. The van der Waals surface area contributed by atoms with Crippen molar-refractivity contribution in [3.05, 3.63) is 12.7 Å². The molecule has 0 saturated carbocycles. The van der Waals surface area contributed by atoms with Crippen molar-refractivity contribution in [2.45, 2.75) is 264 Å². The van der Waals surface area contributed by atoms with Crippen LogP contribution in [-0.4, -0.2) is 0 Å². The summed E-state index contributed by atoms with van der Waals surface area (Å²) < 4.78 is 0. The molecule has 0 atom stereocenters. The Labute approximate surface area is 275 Å². The third-order valence-corrected chi connectivity index (χ3v) is 10.0. The van der Waals surface area contributed by atoms with Gasteiger partial charge >= 0.3 is 0 Å². The van der Waals surface area contributed by atoms with E-state index in [-0.39, 0.29) is 0 Å². The minimum atomic E-state index is 1.21. The second-order valence-electron chi connectivity index (χ2n) is 14.5. The average molecular weight is 603 g/mol. The van der Waals surface area contributed by atoms with Crippen LogP contribution in [0.5, 0.6) is 0 Å². The van der Waals surface area contributed by atoms with E-state index < -0.39 is 0 Å². The van der Waals surface area contributed by atoms with Crippen molar-refractivity contribution in [2.24, 2.45) is 0 Å². The van der Waals surface area contributed by atoms with Gasteiger partial charge in [-0.15, -0.1) is 6.58 Å². The molecule has 258 valence electrons. The Morgan fingerprint density at radius 2 is 0.372 bits per heavy atom. The largest absolute Gasteiger partial charge is 0.103 e. The molecule has 0 aliphatic carbocycles. The number of rotatable bonds is 40. The topological polar surface area (TPSA) is 0 Å². The molecule has 43 heavy (non-hydrogen) atoms. The lowest BCUT2D eigenvalue weighted by Crippen LogP contribution is -1.85. The second-order valence-corrected chi connectivity index (χ2v) is 14.5. The van der Waals surface area contributed by atoms with E-state index in [1.807, 2.05) is 0 Å². The van der Waals surface area contributed by atoms with Gasteiger partial charge in [-0.1, -0.05) is 257 Å². The van der Waals surface area contributed by atoms with Crippen molar-refractivity contribution >= 4 is 0 Å². The molecule has 0 radical (unpaired) electrons. The van der Waals surface area contributed by atoms with Gasteiger partial charge < -0.3 is 0 Å². The maximum Gasteiger partial charge on any atom is -0.0353 e. The highest BCUT2D eigenvalue weighted by Gasteiger charge is 1.98. The first kappa shape index (κ1) is 42.7. The third kappa shape index (κ3) is 41.7. The molecule has 0 aromatic heterocycles. The number of hydrogen-bond acceptors (Lipinski definition) is 0. The Morgan fingerprint density at radius 3 is 0.512 bits per heavy atom. The zero-order valence-corrected chi connectivity index (χ0v) is 30.6. The van der Waals surface area contributed by atoms with Crippen molar-refractivity contribution in [3.8, 4) is 0 Å². The molecule has 0 nitrogen and oxygen atoms in total. The zero-order valence-electron chi connectivity index (χ0n) is 30.6. The smallest absolute Gasteiger partial charge is 0.0353 e. The van der Waals surface area contributed by atoms with Gasteiger partial charge in [0.2, 0.25) is 0 Å². The van der Waals surface area contributed by atoms with Gasteiger partial charge in [-0.25, -0.2) is 0 Å². The highest BCUT2D eigenvalue weighted by atomic mass is 14.0.